The Bertz CT molecular complexity index is 167. The molecule has 1 aliphatic rings. The van der Waals surface area contributed by atoms with Gasteiger partial charge in [-0.25, -0.2) is 0 Å². The van der Waals surface area contributed by atoms with Crippen LogP contribution in [0, 0.1) is 5.92 Å². The number of aliphatic hydroxyl groups is 1. The van der Waals surface area contributed by atoms with Crippen LogP contribution < -0.4 is 5.73 Å². The van der Waals surface area contributed by atoms with Gasteiger partial charge in [0, 0.05) is 18.6 Å². The molecule has 0 aliphatic carbocycles. The summed E-state index contributed by atoms with van der Waals surface area (Å²) in [4.78, 5) is 2.33. The number of rotatable bonds is 3. The maximum absolute atomic E-state index is 9.61. The molecule has 2 atom stereocenters. The van der Waals surface area contributed by atoms with Gasteiger partial charge in [0.1, 0.15) is 0 Å². The summed E-state index contributed by atoms with van der Waals surface area (Å²) in [6.07, 6.45) is 1.80. The van der Waals surface area contributed by atoms with Crippen LogP contribution in [0.3, 0.4) is 0 Å². The Hall–Kier alpha value is -0.120. The van der Waals surface area contributed by atoms with Gasteiger partial charge in [0.05, 0.1) is 6.10 Å². The highest BCUT2D eigenvalue weighted by Gasteiger charge is 2.23. The average molecular weight is 200 g/mol. The first-order chi connectivity index (χ1) is 6.37. The first-order valence-corrected chi connectivity index (χ1v) is 5.56. The van der Waals surface area contributed by atoms with E-state index in [0.717, 1.165) is 32.5 Å². The molecule has 0 radical (unpaired) electrons. The van der Waals surface area contributed by atoms with Gasteiger partial charge in [-0.15, -0.1) is 0 Å². The van der Waals surface area contributed by atoms with E-state index < -0.39 is 0 Å². The van der Waals surface area contributed by atoms with Crippen molar-refractivity contribution in [2.45, 2.75) is 45.3 Å². The van der Waals surface area contributed by atoms with Crippen LogP contribution in [-0.4, -0.2) is 41.3 Å². The van der Waals surface area contributed by atoms with Crippen LogP contribution in [0.2, 0.25) is 0 Å². The SMILES string of the molecule is C[C@@H]1C[C@H](O)CN(CCC(C)(C)N)C1. The maximum Gasteiger partial charge on any atom is 0.0670 e. The van der Waals surface area contributed by atoms with Crippen LogP contribution in [0.4, 0.5) is 0 Å². The van der Waals surface area contributed by atoms with Crippen LogP contribution in [0.1, 0.15) is 33.6 Å². The van der Waals surface area contributed by atoms with Gasteiger partial charge in [-0.3, -0.25) is 0 Å². The molecule has 0 unspecified atom stereocenters. The van der Waals surface area contributed by atoms with Crippen molar-refractivity contribution in [2.24, 2.45) is 11.7 Å². The minimum Gasteiger partial charge on any atom is -0.392 e. The Labute approximate surface area is 87.3 Å². The summed E-state index contributed by atoms with van der Waals surface area (Å²) in [7, 11) is 0. The molecule has 3 nitrogen and oxygen atoms in total. The third-order valence-corrected chi connectivity index (χ3v) is 2.79. The lowest BCUT2D eigenvalue weighted by atomic mass is 9.96. The number of likely N-dealkylation sites (tertiary alicyclic amines) is 1. The molecular weight excluding hydrogens is 176 g/mol. The number of β-amino-alcohol motifs (C(OH)–C–C–N with tert-alkyl or cyclic N) is 1. The van der Waals surface area contributed by atoms with Crippen molar-refractivity contribution in [3.63, 3.8) is 0 Å². The molecule has 84 valence electrons. The van der Waals surface area contributed by atoms with Crippen LogP contribution in [-0.2, 0) is 0 Å². The fourth-order valence-corrected chi connectivity index (χ4v) is 2.06. The fourth-order valence-electron chi connectivity index (χ4n) is 2.06. The Morgan fingerprint density at radius 1 is 1.43 bits per heavy atom. The molecule has 0 aromatic carbocycles. The zero-order valence-electron chi connectivity index (χ0n) is 9.66. The number of nitrogens with two attached hydrogens (primary N) is 1. The van der Waals surface area contributed by atoms with E-state index in [-0.39, 0.29) is 11.6 Å². The number of aliphatic hydroxyl groups excluding tert-OH is 1. The molecule has 3 heteroatoms. The molecule has 1 aliphatic heterocycles. The number of nitrogens with zero attached hydrogens (tertiary/aromatic N) is 1. The molecule has 0 saturated carbocycles. The van der Waals surface area contributed by atoms with Gasteiger partial charge in [-0.1, -0.05) is 6.92 Å². The predicted molar refractivity (Wildman–Crippen MR) is 59.1 cm³/mol. The Morgan fingerprint density at radius 2 is 2.07 bits per heavy atom. The molecule has 1 heterocycles. The third-order valence-electron chi connectivity index (χ3n) is 2.79. The molecule has 0 bridgehead atoms. The van der Waals surface area contributed by atoms with Crippen LogP contribution in [0.25, 0.3) is 0 Å². The van der Waals surface area contributed by atoms with Crippen molar-refractivity contribution in [3.05, 3.63) is 0 Å². The van der Waals surface area contributed by atoms with Crippen molar-refractivity contribution < 1.29 is 5.11 Å². The molecule has 3 N–H and O–H groups in total. The van der Waals surface area contributed by atoms with Crippen LogP contribution in [0.5, 0.6) is 0 Å². The molecule has 0 amide bonds. The molecule has 1 saturated heterocycles. The van der Waals surface area contributed by atoms with E-state index in [4.69, 9.17) is 5.73 Å². The van der Waals surface area contributed by atoms with Gasteiger partial charge >= 0.3 is 0 Å². The zero-order valence-corrected chi connectivity index (χ0v) is 9.66. The van der Waals surface area contributed by atoms with E-state index >= 15 is 0 Å². The predicted octanol–water partition coefficient (Wildman–Crippen LogP) is 0.817. The molecule has 0 aromatic heterocycles. The number of piperidine rings is 1. The van der Waals surface area contributed by atoms with E-state index in [1.807, 2.05) is 0 Å². The summed E-state index contributed by atoms with van der Waals surface area (Å²) in [5, 5.41) is 9.61. The summed E-state index contributed by atoms with van der Waals surface area (Å²) in [5.41, 5.74) is 5.84. The summed E-state index contributed by atoms with van der Waals surface area (Å²) < 4.78 is 0. The molecule has 0 aromatic rings. The van der Waals surface area contributed by atoms with Crippen molar-refractivity contribution in [3.8, 4) is 0 Å². The molecule has 0 spiro atoms. The van der Waals surface area contributed by atoms with E-state index in [9.17, 15) is 5.11 Å². The lowest BCUT2D eigenvalue weighted by molar-refractivity contribution is 0.0419. The highest BCUT2D eigenvalue weighted by molar-refractivity contribution is 4.79. The van der Waals surface area contributed by atoms with Gasteiger partial charge in [0.2, 0.25) is 0 Å². The van der Waals surface area contributed by atoms with E-state index in [0.29, 0.717) is 5.92 Å². The standard InChI is InChI=1S/C11H24N2O/c1-9-6-10(14)8-13(7-9)5-4-11(2,3)12/h9-10,14H,4-8,12H2,1-3H3/t9-,10+/m1/s1. The van der Waals surface area contributed by atoms with Gasteiger partial charge in [-0.2, -0.15) is 0 Å². The lowest BCUT2D eigenvalue weighted by Gasteiger charge is -2.35. The largest absolute Gasteiger partial charge is 0.392 e. The Balaban J connectivity index is 2.30. The van der Waals surface area contributed by atoms with E-state index in [1.54, 1.807) is 0 Å². The van der Waals surface area contributed by atoms with Crippen LogP contribution in [0.15, 0.2) is 0 Å². The topological polar surface area (TPSA) is 49.5 Å². The van der Waals surface area contributed by atoms with Gasteiger partial charge < -0.3 is 15.7 Å². The highest BCUT2D eigenvalue weighted by Crippen LogP contribution is 2.17. The van der Waals surface area contributed by atoms with Gasteiger partial charge in [0.25, 0.3) is 0 Å². The van der Waals surface area contributed by atoms with Crippen molar-refractivity contribution in [1.82, 2.24) is 4.90 Å². The summed E-state index contributed by atoms with van der Waals surface area (Å²) in [6, 6.07) is 0. The second-order valence-corrected chi connectivity index (χ2v) is 5.49. The minimum atomic E-state index is -0.139. The lowest BCUT2D eigenvalue weighted by Crippen LogP contribution is -2.45. The quantitative estimate of drug-likeness (QED) is 0.709. The Morgan fingerprint density at radius 3 is 2.57 bits per heavy atom. The Kier molecular flexibility index (Phi) is 3.93. The van der Waals surface area contributed by atoms with Crippen molar-refractivity contribution in [1.29, 1.82) is 0 Å². The first kappa shape index (κ1) is 12.0. The highest BCUT2D eigenvalue weighted by atomic mass is 16.3. The van der Waals surface area contributed by atoms with E-state index in [1.165, 1.54) is 0 Å². The molecule has 1 rings (SSSR count). The zero-order chi connectivity index (χ0) is 10.8. The summed E-state index contributed by atoms with van der Waals surface area (Å²) >= 11 is 0. The number of hydrogen-bond acceptors (Lipinski definition) is 3. The normalized spacial score (nSPS) is 30.6. The van der Waals surface area contributed by atoms with Gasteiger partial charge in [0.15, 0.2) is 0 Å². The fraction of sp³-hybridized carbons (Fsp3) is 1.00. The third kappa shape index (κ3) is 4.40. The van der Waals surface area contributed by atoms with Gasteiger partial charge in [-0.05, 0) is 39.2 Å². The second kappa shape index (κ2) is 4.60. The summed E-state index contributed by atoms with van der Waals surface area (Å²) in [6.45, 7) is 9.23. The molecule has 1 fully saturated rings. The van der Waals surface area contributed by atoms with E-state index in [2.05, 4.69) is 25.7 Å². The van der Waals surface area contributed by atoms with Crippen molar-refractivity contribution >= 4 is 0 Å². The molecule has 14 heavy (non-hydrogen) atoms. The summed E-state index contributed by atoms with van der Waals surface area (Å²) in [5.74, 6) is 0.611. The second-order valence-electron chi connectivity index (χ2n) is 5.49. The maximum atomic E-state index is 9.61. The monoisotopic (exact) mass is 200 g/mol. The van der Waals surface area contributed by atoms with Crippen LogP contribution >= 0.6 is 0 Å². The first-order valence-electron chi connectivity index (χ1n) is 5.56. The smallest absolute Gasteiger partial charge is 0.0670 e. The van der Waals surface area contributed by atoms with Crippen molar-refractivity contribution in [2.75, 3.05) is 19.6 Å². The average Bonchev–Trinajstić information content (AvgIpc) is 1.97. The molecular formula is C11H24N2O. The number of hydrogen-bond donors (Lipinski definition) is 2. The minimum absolute atomic E-state index is 0.0916.